The molecule has 0 atom stereocenters. The summed E-state index contributed by atoms with van der Waals surface area (Å²) in [4.78, 5) is 20.5. The van der Waals surface area contributed by atoms with E-state index in [1.54, 1.807) is 32.8 Å². The second-order valence-corrected chi connectivity index (χ2v) is 7.31. The molecule has 0 spiro atoms. The first-order valence-corrected chi connectivity index (χ1v) is 8.01. The average molecular weight is 384 g/mol. The number of nitrogens with zero attached hydrogens (tertiary/aromatic N) is 5. The summed E-state index contributed by atoms with van der Waals surface area (Å²) in [6, 6.07) is 1.90. The van der Waals surface area contributed by atoms with Crippen molar-refractivity contribution < 1.29 is 9.53 Å². The number of ether oxygens (including phenoxy) is 1. The lowest BCUT2D eigenvalue weighted by atomic mass is 10.2. The van der Waals surface area contributed by atoms with Crippen LogP contribution in [0.1, 0.15) is 40.4 Å². The number of halogens is 1. The van der Waals surface area contributed by atoms with Crippen LogP contribution in [0.2, 0.25) is 0 Å². The number of anilines is 1. The minimum absolute atomic E-state index is 0.0366. The first-order valence-electron chi connectivity index (χ1n) is 7.22. The molecule has 0 radical (unpaired) electrons. The fourth-order valence-corrected chi connectivity index (χ4v) is 2.11. The van der Waals surface area contributed by atoms with Crippen molar-refractivity contribution in [2.24, 2.45) is 5.92 Å². The molecule has 0 aromatic carbocycles. The van der Waals surface area contributed by atoms with E-state index in [1.807, 2.05) is 19.9 Å². The summed E-state index contributed by atoms with van der Waals surface area (Å²) in [5.41, 5.74) is -0.602. The average Bonchev–Trinajstić information content (AvgIpc) is 2.42. The third-order valence-electron chi connectivity index (χ3n) is 2.63. The second-order valence-electron chi connectivity index (χ2n) is 6.46. The predicted octanol–water partition coefficient (Wildman–Crippen LogP) is 3.36. The fraction of sp³-hybridized carbons (Fsp3) is 0.600. The number of carbonyl (C=O) groups is 1. The number of aromatic nitrogens is 2. The molecule has 0 N–H and O–H groups in total. The molecule has 0 unspecified atom stereocenters. The maximum Gasteiger partial charge on any atom is 0.429 e. The van der Waals surface area contributed by atoms with Crippen molar-refractivity contribution in [3.8, 4) is 6.07 Å². The van der Waals surface area contributed by atoms with E-state index in [2.05, 4.69) is 25.9 Å². The monoisotopic (exact) mass is 383 g/mol. The molecule has 0 aliphatic rings. The van der Waals surface area contributed by atoms with Crippen LogP contribution in [0.5, 0.6) is 0 Å². The molecule has 0 saturated heterocycles. The summed E-state index contributed by atoms with van der Waals surface area (Å²) in [6.45, 7) is 9.99. The molecule has 126 valence electrons. The molecule has 1 aromatic heterocycles. The number of nitriles is 1. The lowest BCUT2D eigenvalue weighted by Gasteiger charge is -2.35. The van der Waals surface area contributed by atoms with Crippen molar-refractivity contribution in [1.29, 1.82) is 5.26 Å². The van der Waals surface area contributed by atoms with Gasteiger partial charge in [0.1, 0.15) is 11.7 Å². The maximum absolute atomic E-state index is 12.4. The van der Waals surface area contributed by atoms with Crippen molar-refractivity contribution in [2.75, 3.05) is 18.6 Å². The molecule has 0 saturated carbocycles. The first-order chi connectivity index (χ1) is 10.5. The normalized spacial score (nSPS) is 11.1. The van der Waals surface area contributed by atoms with Crippen LogP contribution < -0.4 is 5.01 Å². The van der Waals surface area contributed by atoms with Crippen LogP contribution in [0.25, 0.3) is 0 Å². The second kappa shape index (κ2) is 7.59. The van der Waals surface area contributed by atoms with Crippen LogP contribution in [0, 0.1) is 17.2 Å². The summed E-state index contributed by atoms with van der Waals surface area (Å²) in [7, 11) is 1.61. The number of amides is 1. The molecule has 0 fully saturated rings. The predicted molar refractivity (Wildman–Crippen MR) is 90.6 cm³/mol. The quantitative estimate of drug-likeness (QED) is 0.741. The van der Waals surface area contributed by atoms with E-state index < -0.39 is 11.7 Å². The van der Waals surface area contributed by atoms with Gasteiger partial charge in [-0.3, -0.25) is 5.01 Å². The van der Waals surface area contributed by atoms with Crippen molar-refractivity contribution in [3.05, 3.63) is 16.5 Å². The Labute approximate surface area is 145 Å². The van der Waals surface area contributed by atoms with Crippen LogP contribution in [0.3, 0.4) is 0 Å². The van der Waals surface area contributed by atoms with Crippen molar-refractivity contribution >= 4 is 27.8 Å². The van der Waals surface area contributed by atoms with E-state index in [0.29, 0.717) is 16.8 Å². The van der Waals surface area contributed by atoms with Crippen molar-refractivity contribution in [3.63, 3.8) is 0 Å². The van der Waals surface area contributed by atoms with Gasteiger partial charge in [0, 0.05) is 19.8 Å². The van der Waals surface area contributed by atoms with Gasteiger partial charge < -0.3 is 4.74 Å². The number of carbonyl (C=O) groups excluding carboxylic acids is 1. The Balaban J connectivity index is 3.19. The Morgan fingerprint density at radius 2 is 2.09 bits per heavy atom. The Bertz CT molecular complexity index is 607. The molecular weight excluding hydrogens is 362 g/mol. The van der Waals surface area contributed by atoms with Gasteiger partial charge in [-0.2, -0.15) is 10.2 Å². The van der Waals surface area contributed by atoms with Gasteiger partial charge in [-0.05, 0) is 42.6 Å². The molecule has 8 heteroatoms. The van der Waals surface area contributed by atoms with Gasteiger partial charge in [0.15, 0.2) is 5.82 Å². The van der Waals surface area contributed by atoms with Gasteiger partial charge >= 0.3 is 6.09 Å². The van der Waals surface area contributed by atoms with Gasteiger partial charge in [-0.25, -0.2) is 14.8 Å². The van der Waals surface area contributed by atoms with Gasteiger partial charge in [0.05, 0.1) is 4.47 Å². The number of rotatable bonds is 4. The topological polar surface area (TPSA) is 82.4 Å². The summed E-state index contributed by atoms with van der Waals surface area (Å²) in [5.74, 6) is 0.737. The van der Waals surface area contributed by atoms with Crippen LogP contribution in [-0.4, -0.2) is 40.3 Å². The largest absolute Gasteiger partial charge is 0.442 e. The Morgan fingerprint density at radius 3 is 2.57 bits per heavy atom. The van der Waals surface area contributed by atoms with E-state index in [-0.39, 0.29) is 11.7 Å². The van der Waals surface area contributed by atoms with Crippen LogP contribution in [0.15, 0.2) is 10.7 Å². The van der Waals surface area contributed by atoms with Gasteiger partial charge in [0.25, 0.3) is 0 Å². The van der Waals surface area contributed by atoms with E-state index in [9.17, 15) is 4.79 Å². The fourth-order valence-electron chi connectivity index (χ4n) is 1.72. The SMILES string of the molecule is CC(C)CN(c1nc(C#N)ncc1Br)N(C)C(=O)OC(C)(C)C. The standard InChI is InChI=1S/C15H22BrN5O2/c1-10(2)9-21(20(6)14(22)23-15(3,4)5)13-11(16)8-18-12(7-17)19-13/h8,10H,9H2,1-6H3. The van der Waals surface area contributed by atoms with Crippen molar-refractivity contribution in [1.82, 2.24) is 15.0 Å². The zero-order valence-electron chi connectivity index (χ0n) is 14.3. The Hall–Kier alpha value is -1.88. The lowest BCUT2D eigenvalue weighted by molar-refractivity contribution is 0.0270. The smallest absolute Gasteiger partial charge is 0.429 e. The summed E-state index contributed by atoms with van der Waals surface area (Å²) in [6.07, 6.45) is 0.999. The minimum atomic E-state index is -0.602. The summed E-state index contributed by atoms with van der Waals surface area (Å²) < 4.78 is 5.99. The third-order valence-corrected chi connectivity index (χ3v) is 3.19. The van der Waals surface area contributed by atoms with Gasteiger partial charge in [-0.1, -0.05) is 13.8 Å². The van der Waals surface area contributed by atoms with Gasteiger partial charge in [-0.15, -0.1) is 0 Å². The number of hydrogen-bond acceptors (Lipinski definition) is 6. The highest BCUT2D eigenvalue weighted by atomic mass is 79.9. The van der Waals surface area contributed by atoms with E-state index in [1.165, 1.54) is 11.2 Å². The molecule has 1 heterocycles. The summed E-state index contributed by atoms with van der Waals surface area (Å²) in [5, 5.41) is 12.0. The summed E-state index contributed by atoms with van der Waals surface area (Å²) >= 11 is 3.37. The van der Waals surface area contributed by atoms with Gasteiger partial charge in [0.2, 0.25) is 5.82 Å². The van der Waals surface area contributed by atoms with Crippen molar-refractivity contribution in [2.45, 2.75) is 40.2 Å². The first kappa shape index (κ1) is 19.2. The molecule has 1 rings (SSSR count). The number of hydrazine groups is 1. The highest BCUT2D eigenvalue weighted by Crippen LogP contribution is 2.25. The van der Waals surface area contributed by atoms with Crippen LogP contribution in [-0.2, 0) is 4.74 Å². The highest BCUT2D eigenvalue weighted by Gasteiger charge is 2.27. The molecule has 1 amide bonds. The Kier molecular flexibility index (Phi) is 6.33. The molecular formula is C15H22BrN5O2. The highest BCUT2D eigenvalue weighted by molar-refractivity contribution is 9.10. The molecule has 0 bridgehead atoms. The molecule has 1 aromatic rings. The maximum atomic E-state index is 12.4. The number of hydrogen-bond donors (Lipinski definition) is 0. The zero-order chi connectivity index (χ0) is 17.8. The third kappa shape index (κ3) is 5.67. The molecule has 23 heavy (non-hydrogen) atoms. The molecule has 0 aliphatic heterocycles. The molecule has 0 aliphatic carbocycles. The minimum Gasteiger partial charge on any atom is -0.442 e. The van der Waals surface area contributed by atoms with E-state index in [4.69, 9.17) is 10.00 Å². The van der Waals surface area contributed by atoms with Crippen LogP contribution in [0.4, 0.5) is 10.6 Å². The van der Waals surface area contributed by atoms with E-state index >= 15 is 0 Å². The Morgan fingerprint density at radius 1 is 1.48 bits per heavy atom. The molecule has 7 nitrogen and oxygen atoms in total. The lowest BCUT2D eigenvalue weighted by Crippen LogP contribution is -2.48. The van der Waals surface area contributed by atoms with E-state index in [0.717, 1.165) is 0 Å². The van der Waals surface area contributed by atoms with Crippen LogP contribution >= 0.6 is 15.9 Å². The zero-order valence-corrected chi connectivity index (χ0v) is 15.9.